The highest BCUT2D eigenvalue weighted by molar-refractivity contribution is 6.08. The number of carboxylic acids is 1. The van der Waals surface area contributed by atoms with Crippen molar-refractivity contribution in [1.29, 1.82) is 0 Å². The monoisotopic (exact) mass is 263 g/mol. The van der Waals surface area contributed by atoms with E-state index in [9.17, 15) is 9.59 Å². The average molecular weight is 263 g/mol. The lowest BCUT2D eigenvalue weighted by molar-refractivity contribution is -0.135. The largest absolute Gasteiger partial charge is 0.497 e. The molecule has 1 amide bonds. The number of ether oxygens (including phenoxy) is 1. The number of fused-ring (bicyclic) bond motifs is 1. The molecule has 0 aliphatic rings. The van der Waals surface area contributed by atoms with Gasteiger partial charge >= 0.3 is 5.97 Å². The van der Waals surface area contributed by atoms with Crippen molar-refractivity contribution in [2.75, 3.05) is 13.7 Å². The zero-order valence-electron chi connectivity index (χ0n) is 10.5. The molecule has 2 aromatic rings. The molecule has 1 aromatic carbocycles. The Labute approximate surface area is 109 Å². The van der Waals surface area contributed by atoms with E-state index in [4.69, 9.17) is 14.3 Å². The molecule has 6 nitrogen and oxygen atoms in total. The maximum atomic E-state index is 12.0. The molecule has 0 aliphatic heterocycles. The quantitative estimate of drug-likeness (QED) is 0.873. The molecule has 0 bridgehead atoms. The predicted molar refractivity (Wildman–Crippen MR) is 67.5 cm³/mol. The average Bonchev–Trinajstić information content (AvgIpc) is 2.70. The molecule has 0 saturated carbocycles. The number of hydrogen-bond acceptors (Lipinski definition) is 4. The number of aliphatic carboxylic acids is 1. The first-order valence-corrected chi connectivity index (χ1v) is 5.60. The fourth-order valence-electron chi connectivity index (χ4n) is 1.85. The standard InChI is InChI=1S/C13H13NO5/c1-7-12(13(17)14-6-11(15)16)9-5-8(18-2)3-4-10(9)19-7/h3-5H,6H2,1-2H3,(H,14,17)(H,15,16). The maximum Gasteiger partial charge on any atom is 0.322 e. The van der Waals surface area contributed by atoms with Crippen LogP contribution in [0.3, 0.4) is 0 Å². The van der Waals surface area contributed by atoms with E-state index in [1.807, 2.05) is 0 Å². The smallest absolute Gasteiger partial charge is 0.322 e. The van der Waals surface area contributed by atoms with Crippen molar-refractivity contribution in [2.24, 2.45) is 0 Å². The number of amides is 1. The summed E-state index contributed by atoms with van der Waals surface area (Å²) in [7, 11) is 1.53. The second-order valence-electron chi connectivity index (χ2n) is 3.97. The SMILES string of the molecule is COc1ccc2oc(C)c(C(=O)NCC(=O)O)c2c1. The van der Waals surface area contributed by atoms with Crippen LogP contribution in [-0.4, -0.2) is 30.6 Å². The molecule has 1 heterocycles. The van der Waals surface area contributed by atoms with E-state index in [2.05, 4.69) is 5.32 Å². The minimum absolute atomic E-state index is 0.329. The topological polar surface area (TPSA) is 88.8 Å². The zero-order valence-corrected chi connectivity index (χ0v) is 10.5. The summed E-state index contributed by atoms with van der Waals surface area (Å²) in [6, 6.07) is 5.11. The predicted octanol–water partition coefficient (Wildman–Crippen LogP) is 1.56. The lowest BCUT2D eigenvalue weighted by atomic mass is 10.1. The van der Waals surface area contributed by atoms with Crippen molar-refractivity contribution in [2.45, 2.75) is 6.92 Å². The number of furan rings is 1. The summed E-state index contributed by atoms with van der Waals surface area (Å²) in [5.41, 5.74) is 0.883. The minimum Gasteiger partial charge on any atom is -0.497 e. The Balaban J connectivity index is 2.43. The van der Waals surface area contributed by atoms with Crippen molar-refractivity contribution >= 4 is 22.8 Å². The van der Waals surface area contributed by atoms with E-state index in [-0.39, 0.29) is 0 Å². The van der Waals surface area contributed by atoms with Gasteiger partial charge in [-0.3, -0.25) is 9.59 Å². The lowest BCUT2D eigenvalue weighted by Gasteiger charge is -2.02. The molecule has 0 radical (unpaired) electrons. The molecule has 0 saturated heterocycles. The fraction of sp³-hybridized carbons (Fsp3) is 0.231. The number of carboxylic acid groups (broad SMARTS) is 1. The van der Waals surface area contributed by atoms with Crippen LogP contribution in [0.25, 0.3) is 11.0 Å². The van der Waals surface area contributed by atoms with Gasteiger partial charge in [0, 0.05) is 5.39 Å². The van der Waals surface area contributed by atoms with Crippen LogP contribution in [0.5, 0.6) is 5.75 Å². The van der Waals surface area contributed by atoms with Gasteiger partial charge in [0.25, 0.3) is 5.91 Å². The second kappa shape index (κ2) is 5.01. The molecule has 0 unspecified atom stereocenters. The third kappa shape index (κ3) is 2.52. The van der Waals surface area contributed by atoms with Crippen molar-refractivity contribution in [3.63, 3.8) is 0 Å². The van der Waals surface area contributed by atoms with Gasteiger partial charge in [0.1, 0.15) is 23.6 Å². The summed E-state index contributed by atoms with van der Waals surface area (Å²) in [6.07, 6.45) is 0. The van der Waals surface area contributed by atoms with Crippen molar-refractivity contribution in [1.82, 2.24) is 5.32 Å². The van der Waals surface area contributed by atoms with Crippen molar-refractivity contribution in [3.8, 4) is 5.75 Å². The minimum atomic E-state index is -1.10. The van der Waals surface area contributed by atoms with Gasteiger partial charge in [0.2, 0.25) is 0 Å². The molecule has 0 spiro atoms. The van der Waals surface area contributed by atoms with Gasteiger partial charge in [0.05, 0.1) is 12.7 Å². The normalized spacial score (nSPS) is 10.4. The van der Waals surface area contributed by atoms with E-state index in [0.717, 1.165) is 0 Å². The Bertz CT molecular complexity index is 644. The Morgan fingerprint density at radius 3 is 2.79 bits per heavy atom. The lowest BCUT2D eigenvalue weighted by Crippen LogP contribution is -2.29. The van der Waals surface area contributed by atoms with Crippen LogP contribution >= 0.6 is 0 Å². The van der Waals surface area contributed by atoms with Gasteiger partial charge in [-0.1, -0.05) is 0 Å². The third-order valence-electron chi connectivity index (χ3n) is 2.70. The van der Waals surface area contributed by atoms with Gasteiger partial charge in [-0.15, -0.1) is 0 Å². The number of nitrogens with one attached hydrogen (secondary N) is 1. The number of carbonyl (C=O) groups is 2. The summed E-state index contributed by atoms with van der Waals surface area (Å²) in [5.74, 6) is -0.546. The molecule has 2 rings (SSSR count). The molecule has 0 fully saturated rings. The number of carbonyl (C=O) groups excluding carboxylic acids is 1. The van der Waals surface area contributed by atoms with Crippen LogP contribution in [0.4, 0.5) is 0 Å². The van der Waals surface area contributed by atoms with Crippen LogP contribution in [0, 0.1) is 6.92 Å². The maximum absolute atomic E-state index is 12.0. The number of methoxy groups -OCH3 is 1. The van der Waals surface area contributed by atoms with Crippen LogP contribution < -0.4 is 10.1 Å². The number of rotatable bonds is 4. The van der Waals surface area contributed by atoms with Crippen LogP contribution in [0.15, 0.2) is 22.6 Å². The van der Waals surface area contributed by atoms with Gasteiger partial charge in [-0.05, 0) is 25.1 Å². The first-order chi connectivity index (χ1) is 9.02. The van der Waals surface area contributed by atoms with Crippen LogP contribution in [0.1, 0.15) is 16.1 Å². The first kappa shape index (κ1) is 12.9. The van der Waals surface area contributed by atoms with Crippen LogP contribution in [0.2, 0.25) is 0 Å². The van der Waals surface area contributed by atoms with Crippen molar-refractivity contribution < 1.29 is 23.8 Å². The van der Waals surface area contributed by atoms with E-state index >= 15 is 0 Å². The molecular formula is C13H13NO5. The molecule has 100 valence electrons. The third-order valence-corrected chi connectivity index (χ3v) is 2.70. The summed E-state index contributed by atoms with van der Waals surface area (Å²) < 4.78 is 10.6. The molecular weight excluding hydrogens is 250 g/mol. The first-order valence-electron chi connectivity index (χ1n) is 5.60. The number of aryl methyl sites for hydroxylation is 1. The number of benzene rings is 1. The van der Waals surface area contributed by atoms with E-state index in [1.165, 1.54) is 7.11 Å². The highest BCUT2D eigenvalue weighted by Gasteiger charge is 2.19. The zero-order chi connectivity index (χ0) is 14.0. The Kier molecular flexibility index (Phi) is 3.41. The van der Waals surface area contributed by atoms with Gasteiger partial charge in [-0.2, -0.15) is 0 Å². The van der Waals surface area contributed by atoms with E-state index < -0.39 is 18.4 Å². The highest BCUT2D eigenvalue weighted by Crippen LogP contribution is 2.28. The fourth-order valence-corrected chi connectivity index (χ4v) is 1.85. The molecule has 0 atom stereocenters. The van der Waals surface area contributed by atoms with Gasteiger partial charge in [-0.25, -0.2) is 0 Å². The number of hydrogen-bond donors (Lipinski definition) is 2. The second-order valence-corrected chi connectivity index (χ2v) is 3.97. The molecule has 6 heteroatoms. The Morgan fingerprint density at radius 1 is 1.42 bits per heavy atom. The summed E-state index contributed by atoms with van der Waals surface area (Å²) >= 11 is 0. The Hall–Kier alpha value is -2.50. The van der Waals surface area contributed by atoms with Crippen LogP contribution in [-0.2, 0) is 4.79 Å². The summed E-state index contributed by atoms with van der Waals surface area (Å²) in [5, 5.41) is 11.5. The van der Waals surface area contributed by atoms with E-state index in [1.54, 1.807) is 25.1 Å². The van der Waals surface area contributed by atoms with E-state index in [0.29, 0.717) is 28.0 Å². The Morgan fingerprint density at radius 2 is 2.16 bits per heavy atom. The summed E-state index contributed by atoms with van der Waals surface area (Å²) in [6.45, 7) is 1.22. The summed E-state index contributed by atoms with van der Waals surface area (Å²) in [4.78, 5) is 22.4. The highest BCUT2D eigenvalue weighted by atomic mass is 16.5. The van der Waals surface area contributed by atoms with Crippen molar-refractivity contribution in [3.05, 3.63) is 29.5 Å². The molecule has 2 N–H and O–H groups in total. The van der Waals surface area contributed by atoms with Gasteiger partial charge < -0.3 is 19.6 Å². The molecule has 0 aliphatic carbocycles. The molecule has 1 aromatic heterocycles. The van der Waals surface area contributed by atoms with Gasteiger partial charge in [0.15, 0.2) is 0 Å². The molecule has 19 heavy (non-hydrogen) atoms.